The number of anilines is 1. The van der Waals surface area contributed by atoms with Crippen molar-refractivity contribution in [3.8, 4) is 0 Å². The Morgan fingerprint density at radius 3 is 2.42 bits per heavy atom. The van der Waals surface area contributed by atoms with Crippen molar-refractivity contribution in [1.82, 2.24) is 9.55 Å². The van der Waals surface area contributed by atoms with Gasteiger partial charge in [0.15, 0.2) is 5.82 Å². The largest absolute Gasteiger partial charge is 0.369 e. The van der Waals surface area contributed by atoms with E-state index < -0.39 is 0 Å². The zero-order valence-electron chi connectivity index (χ0n) is 12.0. The Hall–Kier alpha value is -1.58. The predicted octanol–water partition coefficient (Wildman–Crippen LogP) is 3.69. The Morgan fingerprint density at radius 1 is 1.21 bits per heavy atom. The number of nitrogens with two attached hydrogens (primary N) is 1. The first-order valence-electron chi connectivity index (χ1n) is 6.82. The van der Waals surface area contributed by atoms with Crippen molar-refractivity contribution in [3.05, 3.63) is 24.0 Å². The van der Waals surface area contributed by atoms with Crippen LogP contribution in [0.2, 0.25) is 0 Å². The van der Waals surface area contributed by atoms with E-state index in [0.717, 1.165) is 12.1 Å². The minimum atomic E-state index is -0.311. The average molecular weight is 263 g/mol. The fourth-order valence-corrected chi connectivity index (χ4v) is 2.72. The average Bonchev–Trinajstić information content (AvgIpc) is 2.63. The van der Waals surface area contributed by atoms with Gasteiger partial charge in [0.1, 0.15) is 5.52 Å². The molecular weight excluding hydrogens is 241 g/mol. The second kappa shape index (κ2) is 5.19. The third-order valence-corrected chi connectivity index (χ3v) is 3.87. The lowest BCUT2D eigenvalue weighted by atomic mass is 9.85. The summed E-state index contributed by atoms with van der Waals surface area (Å²) >= 11 is 0. The first-order valence-corrected chi connectivity index (χ1v) is 6.82. The van der Waals surface area contributed by atoms with Gasteiger partial charge >= 0.3 is 0 Å². The monoisotopic (exact) mass is 263 g/mol. The molecule has 0 radical (unpaired) electrons. The van der Waals surface area contributed by atoms with Crippen molar-refractivity contribution in [2.75, 3.05) is 5.73 Å². The van der Waals surface area contributed by atoms with Gasteiger partial charge in [-0.1, -0.05) is 33.8 Å². The normalized spacial score (nSPS) is 12.2. The number of nitrogen functional groups attached to an aromatic ring is 1. The quantitative estimate of drug-likeness (QED) is 0.914. The number of aromatic nitrogens is 2. The molecule has 0 spiro atoms. The lowest BCUT2D eigenvalue weighted by Gasteiger charge is -2.25. The summed E-state index contributed by atoms with van der Waals surface area (Å²) in [6.45, 7) is 9.61. The number of para-hydroxylation sites is 1. The lowest BCUT2D eigenvalue weighted by Crippen LogP contribution is -2.22. The van der Waals surface area contributed by atoms with Crippen LogP contribution in [0.5, 0.6) is 0 Å². The van der Waals surface area contributed by atoms with E-state index in [9.17, 15) is 4.39 Å². The molecule has 2 rings (SSSR count). The molecule has 0 bridgehead atoms. The second-order valence-corrected chi connectivity index (χ2v) is 5.84. The van der Waals surface area contributed by atoms with E-state index in [1.54, 1.807) is 6.07 Å². The van der Waals surface area contributed by atoms with Gasteiger partial charge in [0.25, 0.3) is 0 Å². The van der Waals surface area contributed by atoms with Crippen molar-refractivity contribution in [2.45, 2.75) is 34.2 Å². The highest BCUT2D eigenvalue weighted by Crippen LogP contribution is 2.27. The van der Waals surface area contributed by atoms with Crippen LogP contribution in [0.4, 0.5) is 10.3 Å². The standard InChI is InChI=1S/C15H22FN3/c1-9(2)11(10(3)4)8-19-13-7-5-6-12(16)14(13)18-15(19)17/h5-7,9-11H,8H2,1-4H3,(H2,17,18). The maximum atomic E-state index is 13.7. The van der Waals surface area contributed by atoms with Crippen molar-refractivity contribution < 1.29 is 4.39 Å². The smallest absolute Gasteiger partial charge is 0.201 e. The number of nitrogens with zero attached hydrogens (tertiary/aromatic N) is 2. The molecule has 1 heterocycles. The molecule has 104 valence electrons. The van der Waals surface area contributed by atoms with Crippen LogP contribution in [0.15, 0.2) is 18.2 Å². The van der Waals surface area contributed by atoms with E-state index in [1.165, 1.54) is 6.07 Å². The Bertz CT molecular complexity index is 564. The number of benzene rings is 1. The molecule has 0 unspecified atom stereocenters. The summed E-state index contributed by atoms with van der Waals surface area (Å²) in [6.07, 6.45) is 0. The van der Waals surface area contributed by atoms with Gasteiger partial charge in [-0.25, -0.2) is 9.37 Å². The molecule has 1 aromatic carbocycles. The summed E-state index contributed by atoms with van der Waals surface area (Å²) in [5.41, 5.74) is 7.10. The van der Waals surface area contributed by atoms with Crippen LogP contribution in [0.1, 0.15) is 27.7 Å². The van der Waals surface area contributed by atoms with E-state index in [4.69, 9.17) is 5.73 Å². The van der Waals surface area contributed by atoms with Crippen LogP contribution in [0.3, 0.4) is 0 Å². The van der Waals surface area contributed by atoms with Gasteiger partial charge in [0.2, 0.25) is 5.95 Å². The zero-order chi connectivity index (χ0) is 14.2. The van der Waals surface area contributed by atoms with Crippen LogP contribution in [0, 0.1) is 23.6 Å². The van der Waals surface area contributed by atoms with Gasteiger partial charge in [-0.05, 0) is 29.9 Å². The summed E-state index contributed by atoms with van der Waals surface area (Å²) in [4.78, 5) is 4.15. The van der Waals surface area contributed by atoms with Gasteiger partial charge in [-0.3, -0.25) is 0 Å². The number of imidazole rings is 1. The number of hydrogen-bond acceptors (Lipinski definition) is 2. The number of rotatable bonds is 4. The highest BCUT2D eigenvalue weighted by molar-refractivity contribution is 5.78. The molecule has 19 heavy (non-hydrogen) atoms. The Labute approximate surface area is 113 Å². The third kappa shape index (κ3) is 2.57. The molecule has 0 fully saturated rings. The molecule has 0 aliphatic heterocycles. The molecule has 1 aromatic heterocycles. The molecule has 0 saturated heterocycles. The van der Waals surface area contributed by atoms with E-state index in [-0.39, 0.29) is 5.82 Å². The minimum Gasteiger partial charge on any atom is -0.369 e. The fourth-order valence-electron chi connectivity index (χ4n) is 2.72. The summed E-state index contributed by atoms with van der Waals surface area (Å²) in [5, 5.41) is 0. The first-order chi connectivity index (χ1) is 8.91. The topological polar surface area (TPSA) is 43.8 Å². The number of fused-ring (bicyclic) bond motifs is 1. The summed E-state index contributed by atoms with van der Waals surface area (Å²) in [6, 6.07) is 5.00. The molecule has 0 aliphatic rings. The minimum absolute atomic E-state index is 0.311. The van der Waals surface area contributed by atoms with Crippen molar-refractivity contribution in [1.29, 1.82) is 0 Å². The predicted molar refractivity (Wildman–Crippen MR) is 77.3 cm³/mol. The molecule has 0 amide bonds. The summed E-state index contributed by atoms with van der Waals surface area (Å²) < 4.78 is 15.6. The van der Waals surface area contributed by atoms with Crippen molar-refractivity contribution in [3.63, 3.8) is 0 Å². The Balaban J connectivity index is 2.45. The van der Waals surface area contributed by atoms with E-state index in [0.29, 0.717) is 29.2 Å². The van der Waals surface area contributed by atoms with Gasteiger partial charge in [0, 0.05) is 6.54 Å². The molecule has 2 N–H and O–H groups in total. The Morgan fingerprint density at radius 2 is 1.84 bits per heavy atom. The molecule has 4 heteroatoms. The molecule has 3 nitrogen and oxygen atoms in total. The van der Waals surface area contributed by atoms with Crippen LogP contribution in [0.25, 0.3) is 11.0 Å². The Kier molecular flexibility index (Phi) is 3.78. The molecule has 0 aliphatic carbocycles. The van der Waals surface area contributed by atoms with Crippen molar-refractivity contribution in [2.24, 2.45) is 17.8 Å². The molecule has 2 aromatic rings. The van der Waals surface area contributed by atoms with E-state index in [1.807, 2.05) is 10.6 Å². The van der Waals surface area contributed by atoms with E-state index in [2.05, 4.69) is 32.7 Å². The van der Waals surface area contributed by atoms with Gasteiger partial charge in [0.05, 0.1) is 5.52 Å². The third-order valence-electron chi connectivity index (χ3n) is 3.87. The van der Waals surface area contributed by atoms with Gasteiger partial charge in [-0.15, -0.1) is 0 Å². The SMILES string of the molecule is CC(C)C(Cn1c(N)nc2c(F)cccc21)C(C)C. The summed E-state index contributed by atoms with van der Waals surface area (Å²) in [7, 11) is 0. The second-order valence-electron chi connectivity index (χ2n) is 5.84. The number of hydrogen-bond donors (Lipinski definition) is 1. The fraction of sp³-hybridized carbons (Fsp3) is 0.533. The van der Waals surface area contributed by atoms with Crippen LogP contribution in [-0.2, 0) is 6.54 Å². The molecule has 0 saturated carbocycles. The highest BCUT2D eigenvalue weighted by Gasteiger charge is 2.21. The highest BCUT2D eigenvalue weighted by atomic mass is 19.1. The first kappa shape index (κ1) is 13.8. The lowest BCUT2D eigenvalue weighted by molar-refractivity contribution is 0.255. The van der Waals surface area contributed by atoms with Crippen molar-refractivity contribution >= 4 is 17.0 Å². The molecular formula is C15H22FN3. The van der Waals surface area contributed by atoms with E-state index >= 15 is 0 Å². The summed E-state index contributed by atoms with van der Waals surface area (Å²) in [5.74, 6) is 1.67. The van der Waals surface area contributed by atoms with Crippen LogP contribution >= 0.6 is 0 Å². The molecule has 0 atom stereocenters. The van der Waals surface area contributed by atoms with Crippen LogP contribution in [-0.4, -0.2) is 9.55 Å². The zero-order valence-corrected chi connectivity index (χ0v) is 12.0. The maximum absolute atomic E-state index is 13.7. The van der Waals surface area contributed by atoms with Crippen LogP contribution < -0.4 is 5.73 Å². The number of halogens is 1. The maximum Gasteiger partial charge on any atom is 0.201 e. The van der Waals surface area contributed by atoms with Gasteiger partial charge in [-0.2, -0.15) is 0 Å². The van der Waals surface area contributed by atoms with Gasteiger partial charge < -0.3 is 10.3 Å².